The summed E-state index contributed by atoms with van der Waals surface area (Å²) in [5.74, 6) is -1.54. The van der Waals surface area contributed by atoms with Crippen molar-refractivity contribution in [2.45, 2.75) is 21.6 Å². The molecule has 24 heavy (non-hydrogen) atoms. The summed E-state index contributed by atoms with van der Waals surface area (Å²) in [6, 6.07) is 14.4. The number of hydrogen-bond acceptors (Lipinski definition) is 5. The van der Waals surface area contributed by atoms with Gasteiger partial charge in [-0.25, -0.2) is 8.42 Å². The molecular weight excluding hydrogens is 330 g/mol. The van der Waals surface area contributed by atoms with Crippen LogP contribution in [0.15, 0.2) is 59.5 Å². The van der Waals surface area contributed by atoms with Crippen LogP contribution < -0.4 is 10.5 Å². The topological polar surface area (TPSA) is 107 Å². The van der Waals surface area contributed by atoms with Crippen LogP contribution in [-0.4, -0.2) is 37.4 Å². The van der Waals surface area contributed by atoms with Crippen molar-refractivity contribution in [1.29, 1.82) is 0 Å². The second-order valence-electron chi connectivity index (χ2n) is 5.77. The molecule has 6 nitrogen and oxygen atoms in total. The molecule has 1 saturated carbocycles. The van der Waals surface area contributed by atoms with Crippen LogP contribution in [0.25, 0.3) is 0 Å². The fraction of sp³-hybridized carbons (Fsp3) is 0.235. The van der Waals surface area contributed by atoms with Crippen LogP contribution in [0.5, 0.6) is 5.75 Å². The third kappa shape index (κ3) is 2.37. The van der Waals surface area contributed by atoms with Crippen molar-refractivity contribution in [3.63, 3.8) is 0 Å². The molecule has 3 N–H and O–H groups in total. The molecule has 1 aliphatic rings. The standard InChI is InChI=1S/C17H17NO5S/c1-23-12-9-7-11(8-10-12)14-15(17(14,18)16(19)20)24(21,22)13-5-3-2-4-6-13/h2-10,14-15H,18H2,1H3,(H,19,20)/t14-,15-,17+/m0/s1. The molecule has 0 spiro atoms. The van der Waals surface area contributed by atoms with Crippen LogP contribution >= 0.6 is 0 Å². The Morgan fingerprint density at radius 2 is 1.71 bits per heavy atom. The highest BCUT2D eigenvalue weighted by Crippen LogP contribution is 2.55. The summed E-state index contributed by atoms with van der Waals surface area (Å²) in [4.78, 5) is 11.7. The van der Waals surface area contributed by atoms with Crippen molar-refractivity contribution in [3.8, 4) is 5.75 Å². The molecule has 126 valence electrons. The highest BCUT2D eigenvalue weighted by atomic mass is 32.2. The zero-order valence-electron chi connectivity index (χ0n) is 12.9. The Kier molecular flexibility index (Phi) is 3.85. The van der Waals surface area contributed by atoms with Gasteiger partial charge in [0.1, 0.15) is 16.5 Å². The van der Waals surface area contributed by atoms with Gasteiger partial charge in [0.15, 0.2) is 9.84 Å². The van der Waals surface area contributed by atoms with Gasteiger partial charge >= 0.3 is 5.97 Å². The van der Waals surface area contributed by atoms with Gasteiger partial charge in [0.05, 0.1) is 12.0 Å². The van der Waals surface area contributed by atoms with E-state index in [-0.39, 0.29) is 4.90 Å². The Labute approximate surface area is 139 Å². The summed E-state index contributed by atoms with van der Waals surface area (Å²) in [5, 5.41) is 8.30. The van der Waals surface area contributed by atoms with Crippen LogP contribution in [-0.2, 0) is 14.6 Å². The van der Waals surface area contributed by atoms with E-state index in [0.29, 0.717) is 11.3 Å². The Morgan fingerprint density at radius 3 is 2.21 bits per heavy atom. The lowest BCUT2D eigenvalue weighted by Crippen LogP contribution is -2.39. The van der Waals surface area contributed by atoms with Gasteiger partial charge in [-0.1, -0.05) is 30.3 Å². The molecule has 0 heterocycles. The van der Waals surface area contributed by atoms with Crippen LogP contribution in [0.4, 0.5) is 0 Å². The minimum atomic E-state index is -3.87. The van der Waals surface area contributed by atoms with Gasteiger partial charge in [-0.3, -0.25) is 4.79 Å². The molecule has 1 fully saturated rings. The normalized spacial score (nSPS) is 25.9. The minimum Gasteiger partial charge on any atom is -0.497 e. The average Bonchev–Trinajstić information content (AvgIpc) is 3.24. The first-order valence-electron chi connectivity index (χ1n) is 7.28. The van der Waals surface area contributed by atoms with E-state index in [1.165, 1.54) is 19.2 Å². The molecule has 0 bridgehead atoms. The lowest BCUT2D eigenvalue weighted by Gasteiger charge is -2.06. The molecule has 2 aromatic carbocycles. The lowest BCUT2D eigenvalue weighted by atomic mass is 10.1. The molecule has 3 atom stereocenters. The molecule has 0 amide bonds. The monoisotopic (exact) mass is 347 g/mol. The number of benzene rings is 2. The predicted octanol–water partition coefficient (Wildman–Crippen LogP) is 1.42. The van der Waals surface area contributed by atoms with Crippen molar-refractivity contribution in [3.05, 3.63) is 60.2 Å². The van der Waals surface area contributed by atoms with E-state index in [9.17, 15) is 18.3 Å². The first-order chi connectivity index (χ1) is 11.3. The number of carbonyl (C=O) groups is 1. The Morgan fingerprint density at radius 1 is 1.12 bits per heavy atom. The minimum absolute atomic E-state index is 0.0714. The third-order valence-corrected chi connectivity index (χ3v) is 6.69. The van der Waals surface area contributed by atoms with Crippen molar-refractivity contribution < 1.29 is 23.1 Å². The van der Waals surface area contributed by atoms with E-state index in [1.807, 2.05) is 0 Å². The maximum atomic E-state index is 12.9. The fourth-order valence-electron chi connectivity index (χ4n) is 3.08. The second-order valence-corrected chi connectivity index (χ2v) is 7.84. The number of methoxy groups -OCH3 is 1. The molecule has 1 aliphatic carbocycles. The van der Waals surface area contributed by atoms with Crippen molar-refractivity contribution in [1.82, 2.24) is 0 Å². The maximum Gasteiger partial charge on any atom is 0.325 e. The van der Waals surface area contributed by atoms with Gasteiger partial charge in [-0.2, -0.15) is 0 Å². The van der Waals surface area contributed by atoms with E-state index in [4.69, 9.17) is 10.5 Å². The van der Waals surface area contributed by atoms with Crippen LogP contribution in [0.2, 0.25) is 0 Å². The first-order valence-corrected chi connectivity index (χ1v) is 8.83. The Bertz CT molecular complexity index is 864. The van der Waals surface area contributed by atoms with Gasteiger partial charge in [-0.15, -0.1) is 0 Å². The quantitative estimate of drug-likeness (QED) is 0.847. The largest absolute Gasteiger partial charge is 0.497 e. The number of rotatable bonds is 5. The van der Waals surface area contributed by atoms with Gasteiger partial charge in [0, 0.05) is 5.92 Å². The molecule has 0 aliphatic heterocycles. The van der Waals surface area contributed by atoms with E-state index in [1.54, 1.807) is 42.5 Å². The summed E-state index contributed by atoms with van der Waals surface area (Å²) in [5.41, 5.74) is 4.71. The van der Waals surface area contributed by atoms with E-state index >= 15 is 0 Å². The molecule has 0 radical (unpaired) electrons. The number of ether oxygens (including phenoxy) is 1. The molecule has 7 heteroatoms. The highest BCUT2D eigenvalue weighted by Gasteiger charge is 2.74. The van der Waals surface area contributed by atoms with Crippen LogP contribution in [0.3, 0.4) is 0 Å². The third-order valence-electron chi connectivity index (χ3n) is 4.43. The number of hydrogen-bond donors (Lipinski definition) is 2. The van der Waals surface area contributed by atoms with E-state index in [0.717, 1.165) is 0 Å². The highest BCUT2D eigenvalue weighted by molar-refractivity contribution is 7.92. The SMILES string of the molecule is COc1ccc([C@H]2[C@H](S(=O)(=O)c3ccccc3)[C@@]2(N)C(=O)O)cc1. The van der Waals surface area contributed by atoms with Crippen molar-refractivity contribution >= 4 is 15.8 Å². The van der Waals surface area contributed by atoms with Crippen molar-refractivity contribution in [2.24, 2.45) is 5.73 Å². The summed E-state index contributed by atoms with van der Waals surface area (Å²) in [6.45, 7) is 0. The number of aliphatic carboxylic acids is 1. The van der Waals surface area contributed by atoms with Crippen LogP contribution in [0.1, 0.15) is 11.5 Å². The van der Waals surface area contributed by atoms with Crippen molar-refractivity contribution in [2.75, 3.05) is 7.11 Å². The molecule has 0 unspecified atom stereocenters. The Balaban J connectivity index is 2.04. The van der Waals surface area contributed by atoms with Gasteiger partial charge < -0.3 is 15.6 Å². The molecular formula is C17H17NO5S. The summed E-state index contributed by atoms with van der Waals surface area (Å²) in [6.07, 6.45) is 0. The van der Waals surface area contributed by atoms with E-state index < -0.39 is 32.5 Å². The first kappa shape index (κ1) is 16.5. The smallest absolute Gasteiger partial charge is 0.325 e. The molecule has 0 saturated heterocycles. The van der Waals surface area contributed by atoms with Crippen LogP contribution in [0, 0.1) is 0 Å². The fourth-order valence-corrected chi connectivity index (χ4v) is 5.34. The number of carboxylic acids is 1. The number of carboxylic acid groups (broad SMARTS) is 1. The molecule has 0 aromatic heterocycles. The average molecular weight is 347 g/mol. The lowest BCUT2D eigenvalue weighted by molar-refractivity contribution is -0.139. The summed E-state index contributed by atoms with van der Waals surface area (Å²) >= 11 is 0. The van der Waals surface area contributed by atoms with E-state index in [2.05, 4.69) is 0 Å². The maximum absolute atomic E-state index is 12.9. The molecule has 3 rings (SSSR count). The zero-order chi connectivity index (χ0) is 17.5. The number of nitrogens with two attached hydrogens (primary N) is 1. The summed E-state index contributed by atoms with van der Waals surface area (Å²) < 4.78 is 30.8. The Hall–Kier alpha value is -2.38. The van der Waals surface area contributed by atoms with Gasteiger partial charge in [-0.05, 0) is 29.8 Å². The second kappa shape index (κ2) is 5.61. The zero-order valence-corrected chi connectivity index (χ0v) is 13.7. The number of sulfone groups is 1. The van der Waals surface area contributed by atoms with Gasteiger partial charge in [0.25, 0.3) is 0 Å². The molecule has 2 aromatic rings. The van der Waals surface area contributed by atoms with Gasteiger partial charge in [0.2, 0.25) is 0 Å². The summed E-state index contributed by atoms with van der Waals surface area (Å²) in [7, 11) is -2.36. The predicted molar refractivity (Wildman–Crippen MR) is 87.7 cm³/mol.